The Morgan fingerprint density at radius 1 is 1.20 bits per heavy atom. The molecule has 0 radical (unpaired) electrons. The maximum absolute atomic E-state index is 9.53. The highest BCUT2D eigenvalue weighted by atomic mass is 16.7. The van der Waals surface area contributed by atoms with Crippen LogP contribution in [0.1, 0.15) is 44.2 Å². The maximum atomic E-state index is 9.53. The molecule has 2 N–H and O–H groups in total. The fourth-order valence-corrected chi connectivity index (χ4v) is 2.99. The Kier molecular flexibility index (Phi) is 4.13. The van der Waals surface area contributed by atoms with E-state index >= 15 is 0 Å². The Hall–Kier alpha value is -1.26. The lowest BCUT2D eigenvalue weighted by atomic mass is 9.87. The minimum atomic E-state index is -0.0717. The first kappa shape index (κ1) is 13.7. The second-order valence-corrected chi connectivity index (χ2v) is 5.92. The van der Waals surface area contributed by atoms with Crippen LogP contribution in [0.15, 0.2) is 18.2 Å². The normalized spacial score (nSPS) is 26.5. The monoisotopic (exact) mass is 277 g/mol. The van der Waals surface area contributed by atoms with E-state index in [1.54, 1.807) is 0 Å². The molecule has 4 heteroatoms. The van der Waals surface area contributed by atoms with Gasteiger partial charge in [-0.2, -0.15) is 0 Å². The fraction of sp³-hybridized carbons (Fsp3) is 0.625. The maximum Gasteiger partial charge on any atom is 0.231 e. The summed E-state index contributed by atoms with van der Waals surface area (Å²) in [7, 11) is 0. The average Bonchev–Trinajstić information content (AvgIpc) is 2.93. The van der Waals surface area contributed by atoms with E-state index in [2.05, 4.69) is 24.4 Å². The number of nitrogens with one attached hydrogen (secondary N) is 1. The molecule has 1 atom stereocenters. The number of hydrogen-bond acceptors (Lipinski definition) is 4. The van der Waals surface area contributed by atoms with Crippen LogP contribution >= 0.6 is 0 Å². The zero-order chi connectivity index (χ0) is 13.9. The summed E-state index contributed by atoms with van der Waals surface area (Å²) in [5.74, 6) is 2.37. The van der Waals surface area contributed by atoms with Crippen molar-refractivity contribution < 1.29 is 14.6 Å². The molecule has 4 nitrogen and oxygen atoms in total. The topological polar surface area (TPSA) is 50.7 Å². The highest BCUT2D eigenvalue weighted by Crippen LogP contribution is 2.34. The number of fused-ring (bicyclic) bond motifs is 1. The molecule has 2 aliphatic rings. The lowest BCUT2D eigenvalue weighted by Gasteiger charge is -2.27. The van der Waals surface area contributed by atoms with Crippen molar-refractivity contribution in [2.45, 2.75) is 44.8 Å². The molecule has 0 saturated heterocycles. The second-order valence-electron chi connectivity index (χ2n) is 5.92. The van der Waals surface area contributed by atoms with E-state index in [4.69, 9.17) is 9.47 Å². The Morgan fingerprint density at radius 3 is 2.75 bits per heavy atom. The van der Waals surface area contributed by atoms with Crippen LogP contribution in [0.25, 0.3) is 0 Å². The Balaban J connectivity index is 1.52. The Morgan fingerprint density at radius 2 is 1.95 bits per heavy atom. The number of aliphatic hydroxyl groups is 1. The molecule has 0 amide bonds. The van der Waals surface area contributed by atoms with Crippen LogP contribution in [0.2, 0.25) is 0 Å². The largest absolute Gasteiger partial charge is 0.454 e. The first-order chi connectivity index (χ1) is 9.72. The van der Waals surface area contributed by atoms with E-state index < -0.39 is 0 Å². The van der Waals surface area contributed by atoms with Gasteiger partial charge in [0.1, 0.15) is 0 Å². The highest BCUT2D eigenvalue weighted by molar-refractivity contribution is 5.45. The van der Waals surface area contributed by atoms with Gasteiger partial charge in [-0.05, 0) is 62.8 Å². The number of benzene rings is 1. The molecule has 1 aromatic rings. The summed E-state index contributed by atoms with van der Waals surface area (Å²) in [6.07, 6.45) is 4.08. The quantitative estimate of drug-likeness (QED) is 0.888. The Bertz CT molecular complexity index is 455. The molecule has 20 heavy (non-hydrogen) atoms. The van der Waals surface area contributed by atoms with Gasteiger partial charge in [-0.25, -0.2) is 0 Å². The summed E-state index contributed by atoms with van der Waals surface area (Å²) in [4.78, 5) is 0. The van der Waals surface area contributed by atoms with Crippen LogP contribution in [0.4, 0.5) is 0 Å². The zero-order valence-corrected chi connectivity index (χ0v) is 12.0. The number of ether oxygens (including phenoxy) is 2. The molecule has 0 spiro atoms. The average molecular weight is 277 g/mol. The molecule has 0 bridgehead atoms. The van der Waals surface area contributed by atoms with Gasteiger partial charge in [0.15, 0.2) is 11.5 Å². The summed E-state index contributed by atoms with van der Waals surface area (Å²) in [5.41, 5.74) is 1.23. The molecule has 3 rings (SSSR count). The number of hydrogen-bond donors (Lipinski definition) is 2. The van der Waals surface area contributed by atoms with Crippen molar-refractivity contribution in [3.8, 4) is 11.5 Å². The molecule has 1 fully saturated rings. The standard InChI is InChI=1S/C16H23NO3/c1-11(17-9-12-2-5-14(18)6-3-12)13-4-7-15-16(8-13)20-10-19-15/h4,7-8,11-12,14,17-18H,2-3,5-6,9-10H2,1H3. The van der Waals surface area contributed by atoms with Gasteiger partial charge < -0.3 is 19.9 Å². The Labute approximate surface area is 120 Å². The smallest absolute Gasteiger partial charge is 0.231 e. The molecular formula is C16H23NO3. The summed E-state index contributed by atoms with van der Waals surface area (Å²) < 4.78 is 10.7. The third kappa shape index (κ3) is 3.07. The number of aliphatic hydroxyl groups excluding tert-OH is 1. The van der Waals surface area contributed by atoms with Crippen LogP contribution in [-0.4, -0.2) is 24.5 Å². The molecule has 1 aliphatic carbocycles. The van der Waals surface area contributed by atoms with Gasteiger partial charge in [0.25, 0.3) is 0 Å². The first-order valence-electron chi connectivity index (χ1n) is 7.53. The van der Waals surface area contributed by atoms with E-state index in [9.17, 15) is 5.11 Å². The van der Waals surface area contributed by atoms with Crippen molar-refractivity contribution >= 4 is 0 Å². The SMILES string of the molecule is CC(NCC1CCC(O)CC1)c1ccc2c(c1)OCO2. The lowest BCUT2D eigenvalue weighted by Crippen LogP contribution is -2.29. The van der Waals surface area contributed by atoms with Crippen LogP contribution in [0, 0.1) is 5.92 Å². The van der Waals surface area contributed by atoms with Crippen LogP contribution in [0.5, 0.6) is 11.5 Å². The lowest BCUT2D eigenvalue weighted by molar-refractivity contribution is 0.108. The molecule has 1 heterocycles. The summed E-state index contributed by atoms with van der Waals surface area (Å²) >= 11 is 0. The minimum absolute atomic E-state index is 0.0717. The predicted molar refractivity (Wildman–Crippen MR) is 76.9 cm³/mol. The third-order valence-electron chi connectivity index (χ3n) is 4.43. The molecule has 1 aliphatic heterocycles. The van der Waals surface area contributed by atoms with Crippen molar-refractivity contribution in [3.63, 3.8) is 0 Å². The van der Waals surface area contributed by atoms with Gasteiger partial charge in [-0.15, -0.1) is 0 Å². The van der Waals surface area contributed by atoms with Crippen LogP contribution in [-0.2, 0) is 0 Å². The molecule has 1 saturated carbocycles. The van der Waals surface area contributed by atoms with Crippen LogP contribution < -0.4 is 14.8 Å². The summed E-state index contributed by atoms with van der Waals surface area (Å²) in [5, 5.41) is 13.1. The van der Waals surface area contributed by atoms with E-state index in [-0.39, 0.29) is 6.10 Å². The number of rotatable bonds is 4. The van der Waals surface area contributed by atoms with E-state index in [0.29, 0.717) is 18.8 Å². The van der Waals surface area contributed by atoms with E-state index in [1.165, 1.54) is 5.56 Å². The summed E-state index contributed by atoms with van der Waals surface area (Å²) in [6.45, 7) is 3.52. The fourth-order valence-electron chi connectivity index (χ4n) is 2.99. The van der Waals surface area contributed by atoms with Gasteiger partial charge >= 0.3 is 0 Å². The zero-order valence-electron chi connectivity index (χ0n) is 12.0. The predicted octanol–water partition coefficient (Wildman–Crippen LogP) is 2.62. The molecule has 1 aromatic carbocycles. The second kappa shape index (κ2) is 6.02. The van der Waals surface area contributed by atoms with E-state index in [0.717, 1.165) is 43.7 Å². The van der Waals surface area contributed by atoms with E-state index in [1.807, 2.05) is 6.07 Å². The van der Waals surface area contributed by atoms with Gasteiger partial charge in [0, 0.05) is 6.04 Å². The van der Waals surface area contributed by atoms with Gasteiger partial charge in [0.05, 0.1) is 6.10 Å². The van der Waals surface area contributed by atoms with Crippen molar-refractivity contribution in [1.82, 2.24) is 5.32 Å². The highest BCUT2D eigenvalue weighted by Gasteiger charge is 2.20. The first-order valence-corrected chi connectivity index (χ1v) is 7.53. The minimum Gasteiger partial charge on any atom is -0.454 e. The van der Waals surface area contributed by atoms with Gasteiger partial charge in [-0.3, -0.25) is 0 Å². The molecule has 1 unspecified atom stereocenters. The van der Waals surface area contributed by atoms with Gasteiger partial charge in [-0.1, -0.05) is 6.07 Å². The van der Waals surface area contributed by atoms with Gasteiger partial charge in [0.2, 0.25) is 6.79 Å². The van der Waals surface area contributed by atoms with Crippen molar-refractivity contribution in [3.05, 3.63) is 23.8 Å². The van der Waals surface area contributed by atoms with Crippen molar-refractivity contribution in [1.29, 1.82) is 0 Å². The third-order valence-corrected chi connectivity index (χ3v) is 4.43. The summed E-state index contributed by atoms with van der Waals surface area (Å²) in [6, 6.07) is 6.43. The van der Waals surface area contributed by atoms with Crippen LogP contribution in [0.3, 0.4) is 0 Å². The molecular weight excluding hydrogens is 254 g/mol. The molecule has 110 valence electrons. The van der Waals surface area contributed by atoms with Crippen molar-refractivity contribution in [2.75, 3.05) is 13.3 Å². The molecule has 0 aromatic heterocycles. The van der Waals surface area contributed by atoms with Crippen molar-refractivity contribution in [2.24, 2.45) is 5.92 Å².